The molecule has 0 aliphatic heterocycles. The van der Waals surface area contributed by atoms with Crippen LogP contribution in [0, 0.1) is 0 Å². The third-order valence-corrected chi connectivity index (χ3v) is 14.7. The van der Waals surface area contributed by atoms with Crippen molar-refractivity contribution in [3.63, 3.8) is 0 Å². The summed E-state index contributed by atoms with van der Waals surface area (Å²) in [5.74, 6) is -0.847. The van der Waals surface area contributed by atoms with Gasteiger partial charge in [0.2, 0.25) is 0 Å². The summed E-state index contributed by atoms with van der Waals surface area (Å²) in [7, 11) is 0. The fourth-order valence-corrected chi connectivity index (χ4v) is 9.79. The maximum Gasteiger partial charge on any atom is 0.306 e. The second-order valence-corrected chi connectivity index (χ2v) is 22.0. The summed E-state index contributed by atoms with van der Waals surface area (Å²) in [6.07, 6.45) is 73.2. The molecule has 0 aliphatic rings. The van der Waals surface area contributed by atoms with Gasteiger partial charge in [0.15, 0.2) is 6.10 Å². The molecule has 0 fully saturated rings. The van der Waals surface area contributed by atoms with Crippen molar-refractivity contribution in [1.82, 2.24) is 0 Å². The number of esters is 3. The summed E-state index contributed by atoms with van der Waals surface area (Å²) in [6.45, 7) is 6.70. The molecule has 0 heterocycles. The van der Waals surface area contributed by atoms with Crippen molar-refractivity contribution in [2.75, 3.05) is 13.2 Å². The molecular weight excluding hydrogens is 889 g/mol. The maximum absolute atomic E-state index is 12.9. The first kappa shape index (κ1) is 69.9. The number of allylic oxidation sites excluding steroid dienone is 4. The molecule has 0 saturated carbocycles. The standard InChI is InChI=1S/C66H124O6/c1-4-7-10-13-16-19-22-25-28-31-33-36-38-41-44-47-50-53-56-59-65(68)71-62-63(61-70-64(67)58-55-52-49-46-43-40-37-34-30-27-24-21-18-15-12-9-6-3)72-66(69)60-57-54-51-48-45-42-39-35-32-29-26-23-20-17-14-11-8-5-2/h25,27-28,30,63H,4-24,26,29,31-62H2,1-3H3/b28-25-,30-27-. The van der Waals surface area contributed by atoms with E-state index in [-0.39, 0.29) is 31.1 Å². The molecule has 6 nitrogen and oxygen atoms in total. The van der Waals surface area contributed by atoms with Crippen molar-refractivity contribution in [2.45, 2.75) is 367 Å². The lowest BCUT2D eigenvalue weighted by atomic mass is 10.0. The molecule has 6 heteroatoms. The lowest BCUT2D eigenvalue weighted by Gasteiger charge is -2.18. The highest BCUT2D eigenvalue weighted by Crippen LogP contribution is 2.18. The van der Waals surface area contributed by atoms with Crippen LogP contribution >= 0.6 is 0 Å². The van der Waals surface area contributed by atoms with Crippen LogP contribution in [0.25, 0.3) is 0 Å². The van der Waals surface area contributed by atoms with E-state index in [1.807, 2.05) is 0 Å². The number of rotatable bonds is 60. The molecule has 0 aromatic carbocycles. The van der Waals surface area contributed by atoms with Gasteiger partial charge in [-0.2, -0.15) is 0 Å². The van der Waals surface area contributed by atoms with Crippen LogP contribution in [-0.4, -0.2) is 37.2 Å². The minimum atomic E-state index is -0.771. The Hall–Kier alpha value is -2.11. The third kappa shape index (κ3) is 58.8. The van der Waals surface area contributed by atoms with E-state index in [0.717, 1.165) is 57.8 Å². The average Bonchev–Trinajstić information content (AvgIpc) is 3.38. The largest absolute Gasteiger partial charge is 0.462 e. The van der Waals surface area contributed by atoms with Gasteiger partial charge >= 0.3 is 17.9 Å². The number of hydrogen-bond donors (Lipinski definition) is 0. The van der Waals surface area contributed by atoms with Crippen molar-refractivity contribution >= 4 is 17.9 Å². The summed E-state index contributed by atoms with van der Waals surface area (Å²) >= 11 is 0. The Balaban J connectivity index is 4.32. The molecule has 0 bridgehead atoms. The van der Waals surface area contributed by atoms with Gasteiger partial charge in [-0.05, 0) is 70.6 Å². The van der Waals surface area contributed by atoms with E-state index in [1.54, 1.807) is 0 Å². The Kier molecular flexibility index (Phi) is 59.6. The van der Waals surface area contributed by atoms with Crippen molar-refractivity contribution in [2.24, 2.45) is 0 Å². The molecular formula is C66H124O6. The molecule has 0 spiro atoms. The van der Waals surface area contributed by atoms with Crippen LogP contribution in [0.15, 0.2) is 24.3 Å². The van der Waals surface area contributed by atoms with Gasteiger partial charge in [0.25, 0.3) is 0 Å². The second-order valence-electron chi connectivity index (χ2n) is 22.0. The van der Waals surface area contributed by atoms with Gasteiger partial charge in [-0.25, -0.2) is 0 Å². The third-order valence-electron chi connectivity index (χ3n) is 14.7. The van der Waals surface area contributed by atoms with E-state index in [2.05, 4.69) is 45.1 Å². The van der Waals surface area contributed by atoms with Crippen LogP contribution in [0.5, 0.6) is 0 Å². The normalized spacial score (nSPS) is 12.1. The Labute approximate surface area is 449 Å². The smallest absolute Gasteiger partial charge is 0.306 e. The quantitative estimate of drug-likeness (QED) is 0.0261. The van der Waals surface area contributed by atoms with E-state index in [0.29, 0.717) is 19.3 Å². The summed E-state index contributed by atoms with van der Waals surface area (Å²) < 4.78 is 17.0. The molecule has 1 atom stereocenters. The van der Waals surface area contributed by atoms with Gasteiger partial charge in [0, 0.05) is 19.3 Å². The highest BCUT2D eigenvalue weighted by molar-refractivity contribution is 5.71. The van der Waals surface area contributed by atoms with Gasteiger partial charge in [0.05, 0.1) is 0 Å². The first-order chi connectivity index (χ1) is 35.5. The predicted molar refractivity (Wildman–Crippen MR) is 312 cm³/mol. The fraction of sp³-hybridized carbons (Fsp3) is 0.894. The van der Waals surface area contributed by atoms with Crippen molar-refractivity contribution in [3.8, 4) is 0 Å². The summed E-state index contributed by atoms with van der Waals surface area (Å²) in [4.78, 5) is 38.3. The first-order valence-corrected chi connectivity index (χ1v) is 32.3. The zero-order valence-electron chi connectivity index (χ0n) is 48.7. The van der Waals surface area contributed by atoms with Gasteiger partial charge in [-0.15, -0.1) is 0 Å². The minimum absolute atomic E-state index is 0.0686. The van der Waals surface area contributed by atoms with E-state index in [4.69, 9.17) is 14.2 Å². The summed E-state index contributed by atoms with van der Waals surface area (Å²) in [6, 6.07) is 0. The first-order valence-electron chi connectivity index (χ1n) is 32.3. The van der Waals surface area contributed by atoms with E-state index >= 15 is 0 Å². The Bertz CT molecular complexity index is 1160. The monoisotopic (exact) mass is 1010 g/mol. The molecule has 0 radical (unpaired) electrons. The zero-order chi connectivity index (χ0) is 52.2. The minimum Gasteiger partial charge on any atom is -0.462 e. The Morgan fingerprint density at radius 2 is 0.458 bits per heavy atom. The molecule has 0 aromatic heterocycles. The SMILES string of the molecule is CCCCCCCC/C=C\CCCCCCCCCCCC(=O)OCC(COC(=O)CCCCCCCCC/C=C\CCCCCCCC)OC(=O)CCCCCCCCCCCCCCCCCCCC. The lowest BCUT2D eigenvalue weighted by Crippen LogP contribution is -2.30. The van der Waals surface area contributed by atoms with E-state index < -0.39 is 6.10 Å². The van der Waals surface area contributed by atoms with E-state index in [9.17, 15) is 14.4 Å². The van der Waals surface area contributed by atoms with Crippen LogP contribution in [0.1, 0.15) is 361 Å². The molecule has 0 aromatic rings. The molecule has 72 heavy (non-hydrogen) atoms. The van der Waals surface area contributed by atoms with Gasteiger partial charge in [-0.1, -0.05) is 295 Å². The van der Waals surface area contributed by atoms with Crippen molar-refractivity contribution in [3.05, 3.63) is 24.3 Å². The average molecular weight is 1010 g/mol. The van der Waals surface area contributed by atoms with Gasteiger partial charge in [0.1, 0.15) is 13.2 Å². The molecule has 0 rings (SSSR count). The van der Waals surface area contributed by atoms with Gasteiger partial charge < -0.3 is 14.2 Å². The van der Waals surface area contributed by atoms with Crippen LogP contribution in [-0.2, 0) is 28.6 Å². The Morgan fingerprint density at radius 1 is 0.264 bits per heavy atom. The Morgan fingerprint density at radius 3 is 0.694 bits per heavy atom. The van der Waals surface area contributed by atoms with Crippen LogP contribution in [0.2, 0.25) is 0 Å². The van der Waals surface area contributed by atoms with Gasteiger partial charge in [-0.3, -0.25) is 14.4 Å². The molecule has 1 unspecified atom stereocenters. The molecule has 0 aliphatic carbocycles. The zero-order valence-corrected chi connectivity index (χ0v) is 48.7. The molecule has 0 amide bonds. The molecule has 424 valence electrons. The number of unbranched alkanes of at least 4 members (excludes halogenated alkanes) is 45. The van der Waals surface area contributed by atoms with Crippen molar-refractivity contribution < 1.29 is 28.6 Å². The van der Waals surface area contributed by atoms with Crippen LogP contribution < -0.4 is 0 Å². The molecule has 0 saturated heterocycles. The highest BCUT2D eigenvalue weighted by atomic mass is 16.6. The predicted octanol–water partition coefficient (Wildman–Crippen LogP) is 21.8. The number of hydrogen-bond acceptors (Lipinski definition) is 6. The summed E-state index contributed by atoms with van der Waals surface area (Å²) in [5, 5.41) is 0. The van der Waals surface area contributed by atoms with Crippen LogP contribution in [0.3, 0.4) is 0 Å². The number of carbonyl (C=O) groups is 3. The lowest BCUT2D eigenvalue weighted by molar-refractivity contribution is -0.167. The van der Waals surface area contributed by atoms with Crippen LogP contribution in [0.4, 0.5) is 0 Å². The summed E-state index contributed by atoms with van der Waals surface area (Å²) in [5.41, 5.74) is 0. The highest BCUT2D eigenvalue weighted by Gasteiger charge is 2.19. The second kappa shape index (κ2) is 61.4. The van der Waals surface area contributed by atoms with Crippen molar-refractivity contribution in [1.29, 1.82) is 0 Å². The van der Waals surface area contributed by atoms with E-state index in [1.165, 1.54) is 263 Å². The number of ether oxygens (including phenoxy) is 3. The topological polar surface area (TPSA) is 78.9 Å². The fourth-order valence-electron chi connectivity index (χ4n) is 9.79. The number of carbonyl (C=O) groups excluding carboxylic acids is 3. The molecule has 0 N–H and O–H groups in total. The maximum atomic E-state index is 12.9.